The Bertz CT molecular complexity index is 161. The lowest BCUT2D eigenvalue weighted by atomic mass is 10.3. The van der Waals surface area contributed by atoms with Crippen molar-refractivity contribution in [3.8, 4) is 0 Å². The molecule has 0 spiro atoms. The van der Waals surface area contributed by atoms with Crippen LogP contribution in [0.5, 0.6) is 0 Å². The molecule has 0 radical (unpaired) electrons. The summed E-state index contributed by atoms with van der Waals surface area (Å²) in [5.41, 5.74) is 0. The number of rotatable bonds is 2. The van der Waals surface area contributed by atoms with Crippen LogP contribution in [-0.4, -0.2) is 41.8 Å². The first-order valence-electron chi connectivity index (χ1n) is 4.45. The minimum Gasteiger partial charge on any atom is -0.391 e. The predicted molar refractivity (Wildman–Crippen MR) is 45.9 cm³/mol. The van der Waals surface area contributed by atoms with Gasteiger partial charge in [0, 0.05) is 19.6 Å². The van der Waals surface area contributed by atoms with Crippen LogP contribution in [0.4, 0.5) is 4.79 Å². The monoisotopic (exact) mass is 172 g/mol. The number of likely N-dealkylation sites (tertiary alicyclic amines) is 1. The van der Waals surface area contributed by atoms with Crippen LogP contribution < -0.4 is 5.32 Å². The van der Waals surface area contributed by atoms with E-state index in [0.717, 1.165) is 6.42 Å². The van der Waals surface area contributed by atoms with Crippen molar-refractivity contribution in [3.05, 3.63) is 0 Å². The van der Waals surface area contributed by atoms with Crippen molar-refractivity contribution in [2.75, 3.05) is 19.6 Å². The van der Waals surface area contributed by atoms with Gasteiger partial charge in [-0.25, -0.2) is 4.79 Å². The Kier molecular flexibility index (Phi) is 3.34. The number of nitrogens with one attached hydrogen (secondary N) is 1. The van der Waals surface area contributed by atoms with Gasteiger partial charge in [0.1, 0.15) is 0 Å². The standard InChI is InChI=1S/C8H16N2O2/c1-2-4-9-8(12)10-5-3-7(11)6-10/h7,11H,2-6H2,1H3,(H,9,12)/t7-/m1/s1. The molecule has 0 aromatic rings. The van der Waals surface area contributed by atoms with Crippen molar-refractivity contribution in [1.82, 2.24) is 10.2 Å². The van der Waals surface area contributed by atoms with E-state index in [1.807, 2.05) is 6.92 Å². The first-order chi connectivity index (χ1) is 5.74. The highest BCUT2D eigenvalue weighted by atomic mass is 16.3. The van der Waals surface area contributed by atoms with Crippen LogP contribution in [0.2, 0.25) is 0 Å². The Morgan fingerprint density at radius 2 is 2.50 bits per heavy atom. The van der Waals surface area contributed by atoms with Crippen LogP contribution in [0.3, 0.4) is 0 Å². The van der Waals surface area contributed by atoms with Crippen molar-refractivity contribution >= 4 is 6.03 Å². The van der Waals surface area contributed by atoms with E-state index in [2.05, 4.69) is 5.32 Å². The third-order valence-electron chi connectivity index (χ3n) is 1.98. The Labute approximate surface area is 72.6 Å². The number of β-amino-alcohol motifs (C(OH)–C–C–N with tert-alkyl or cyclic N) is 1. The lowest BCUT2D eigenvalue weighted by Gasteiger charge is -2.15. The molecule has 0 aromatic heterocycles. The van der Waals surface area contributed by atoms with E-state index in [1.54, 1.807) is 4.90 Å². The van der Waals surface area contributed by atoms with E-state index < -0.39 is 0 Å². The molecule has 1 aliphatic heterocycles. The second kappa shape index (κ2) is 4.30. The highest BCUT2D eigenvalue weighted by Crippen LogP contribution is 2.07. The van der Waals surface area contributed by atoms with E-state index >= 15 is 0 Å². The molecule has 70 valence electrons. The number of aliphatic hydroxyl groups excluding tert-OH is 1. The fourth-order valence-corrected chi connectivity index (χ4v) is 1.27. The molecule has 2 amide bonds. The Morgan fingerprint density at radius 1 is 1.75 bits per heavy atom. The van der Waals surface area contributed by atoms with Crippen LogP contribution >= 0.6 is 0 Å². The van der Waals surface area contributed by atoms with Gasteiger partial charge in [0.2, 0.25) is 0 Å². The molecular formula is C8H16N2O2. The lowest BCUT2D eigenvalue weighted by Crippen LogP contribution is -2.39. The molecule has 12 heavy (non-hydrogen) atoms. The molecule has 1 aliphatic rings. The number of hydrogen-bond acceptors (Lipinski definition) is 2. The van der Waals surface area contributed by atoms with Crippen molar-refractivity contribution < 1.29 is 9.90 Å². The molecule has 0 aromatic carbocycles. The molecule has 1 rings (SSSR count). The number of aliphatic hydroxyl groups is 1. The Hall–Kier alpha value is -0.770. The van der Waals surface area contributed by atoms with E-state index in [9.17, 15) is 4.79 Å². The van der Waals surface area contributed by atoms with Gasteiger partial charge in [0.15, 0.2) is 0 Å². The first-order valence-corrected chi connectivity index (χ1v) is 4.45. The maximum absolute atomic E-state index is 11.3. The summed E-state index contributed by atoms with van der Waals surface area (Å²) >= 11 is 0. The zero-order valence-electron chi connectivity index (χ0n) is 7.42. The second-order valence-electron chi connectivity index (χ2n) is 3.12. The fourth-order valence-electron chi connectivity index (χ4n) is 1.27. The summed E-state index contributed by atoms with van der Waals surface area (Å²) in [6.45, 7) is 3.89. The maximum Gasteiger partial charge on any atom is 0.317 e. The average molecular weight is 172 g/mol. The van der Waals surface area contributed by atoms with E-state index in [-0.39, 0.29) is 12.1 Å². The summed E-state index contributed by atoms with van der Waals surface area (Å²) < 4.78 is 0. The van der Waals surface area contributed by atoms with Gasteiger partial charge in [-0.05, 0) is 12.8 Å². The van der Waals surface area contributed by atoms with Crippen LogP contribution in [-0.2, 0) is 0 Å². The molecule has 2 N–H and O–H groups in total. The van der Waals surface area contributed by atoms with Crippen molar-refractivity contribution in [3.63, 3.8) is 0 Å². The maximum atomic E-state index is 11.3. The normalized spacial score (nSPS) is 22.8. The quantitative estimate of drug-likeness (QED) is 0.624. The molecule has 1 heterocycles. The molecule has 0 unspecified atom stereocenters. The molecule has 1 atom stereocenters. The molecule has 4 nitrogen and oxygen atoms in total. The van der Waals surface area contributed by atoms with Crippen LogP contribution in [0.15, 0.2) is 0 Å². The molecule has 0 saturated carbocycles. The highest BCUT2D eigenvalue weighted by molar-refractivity contribution is 5.74. The van der Waals surface area contributed by atoms with Crippen molar-refractivity contribution in [2.24, 2.45) is 0 Å². The highest BCUT2D eigenvalue weighted by Gasteiger charge is 2.23. The molecule has 4 heteroatoms. The zero-order chi connectivity index (χ0) is 8.97. The van der Waals surface area contributed by atoms with Crippen LogP contribution in [0, 0.1) is 0 Å². The number of urea groups is 1. The van der Waals surface area contributed by atoms with Gasteiger partial charge < -0.3 is 15.3 Å². The van der Waals surface area contributed by atoms with Crippen molar-refractivity contribution in [2.45, 2.75) is 25.9 Å². The van der Waals surface area contributed by atoms with Gasteiger partial charge in [-0.2, -0.15) is 0 Å². The smallest absolute Gasteiger partial charge is 0.317 e. The summed E-state index contributed by atoms with van der Waals surface area (Å²) in [6.07, 6.45) is 1.33. The third kappa shape index (κ3) is 2.37. The summed E-state index contributed by atoms with van der Waals surface area (Å²) in [7, 11) is 0. The molecule has 0 bridgehead atoms. The predicted octanol–water partition coefficient (Wildman–Crippen LogP) is 0.173. The zero-order valence-corrected chi connectivity index (χ0v) is 7.42. The van der Waals surface area contributed by atoms with Crippen LogP contribution in [0.1, 0.15) is 19.8 Å². The number of nitrogens with zero attached hydrogens (tertiary/aromatic N) is 1. The first kappa shape index (κ1) is 9.32. The topological polar surface area (TPSA) is 52.6 Å². The lowest BCUT2D eigenvalue weighted by molar-refractivity contribution is 0.172. The summed E-state index contributed by atoms with van der Waals surface area (Å²) in [5.74, 6) is 0. The van der Waals surface area contributed by atoms with Gasteiger partial charge in [0.25, 0.3) is 0 Å². The minimum atomic E-state index is -0.322. The number of carbonyl (C=O) groups excluding carboxylic acids is 1. The Balaban J connectivity index is 2.23. The number of hydrogen-bond donors (Lipinski definition) is 2. The van der Waals surface area contributed by atoms with Crippen LogP contribution in [0.25, 0.3) is 0 Å². The summed E-state index contributed by atoms with van der Waals surface area (Å²) in [6, 6.07) is -0.0478. The summed E-state index contributed by atoms with van der Waals surface area (Å²) in [4.78, 5) is 12.9. The summed E-state index contributed by atoms with van der Waals surface area (Å²) in [5, 5.41) is 11.9. The average Bonchev–Trinajstić information content (AvgIpc) is 2.47. The van der Waals surface area contributed by atoms with Gasteiger partial charge in [-0.15, -0.1) is 0 Å². The molecule has 0 aliphatic carbocycles. The molecular weight excluding hydrogens is 156 g/mol. The molecule has 1 fully saturated rings. The fraction of sp³-hybridized carbons (Fsp3) is 0.875. The number of amides is 2. The second-order valence-corrected chi connectivity index (χ2v) is 3.12. The SMILES string of the molecule is CCCNC(=O)N1CC[C@@H](O)C1. The van der Waals surface area contributed by atoms with E-state index in [0.29, 0.717) is 26.1 Å². The van der Waals surface area contributed by atoms with E-state index in [4.69, 9.17) is 5.11 Å². The number of carbonyl (C=O) groups is 1. The van der Waals surface area contributed by atoms with Gasteiger partial charge in [-0.1, -0.05) is 6.92 Å². The van der Waals surface area contributed by atoms with Gasteiger partial charge in [0.05, 0.1) is 6.10 Å². The van der Waals surface area contributed by atoms with Crippen molar-refractivity contribution in [1.29, 1.82) is 0 Å². The third-order valence-corrected chi connectivity index (χ3v) is 1.98. The Morgan fingerprint density at radius 3 is 3.00 bits per heavy atom. The van der Waals surface area contributed by atoms with Gasteiger partial charge in [-0.3, -0.25) is 0 Å². The molecule has 1 saturated heterocycles. The minimum absolute atomic E-state index is 0.0478. The van der Waals surface area contributed by atoms with Gasteiger partial charge >= 0.3 is 6.03 Å². The largest absolute Gasteiger partial charge is 0.391 e. The van der Waals surface area contributed by atoms with E-state index in [1.165, 1.54) is 0 Å².